The van der Waals surface area contributed by atoms with Crippen molar-refractivity contribution in [2.45, 2.75) is 146 Å². The van der Waals surface area contributed by atoms with Crippen LogP contribution < -0.4 is 21.5 Å². The minimum Gasteiger partial charge on any atom is -0.504 e. The van der Waals surface area contributed by atoms with Gasteiger partial charge >= 0.3 is 5.97 Å². The zero-order chi connectivity index (χ0) is 39.9. The fraction of sp³-hybridized carbons (Fsp3) is 0.674. The number of aromatic nitrogens is 1. The third-order valence-corrected chi connectivity index (χ3v) is 15.8. The molecule has 0 radical (unpaired) electrons. The highest BCUT2D eigenvalue weighted by atomic mass is 33.1. The average molecular weight is 823 g/mol. The number of aromatic hydroxyl groups is 1. The lowest BCUT2D eigenvalue weighted by Gasteiger charge is -2.30. The maximum atomic E-state index is 14.0. The summed E-state index contributed by atoms with van der Waals surface area (Å²) in [6, 6.07) is 5.88. The molecule has 8 rings (SSSR count). The largest absolute Gasteiger partial charge is 0.504 e. The smallest absolute Gasteiger partial charge is 0.302 e. The third-order valence-electron chi connectivity index (χ3n) is 13.1. The molecule has 14 heteroatoms. The summed E-state index contributed by atoms with van der Waals surface area (Å²) in [6.07, 6.45) is 15.2. The predicted molar refractivity (Wildman–Crippen MR) is 227 cm³/mol. The van der Waals surface area contributed by atoms with Crippen LogP contribution in [0.1, 0.15) is 119 Å². The summed E-state index contributed by atoms with van der Waals surface area (Å²) < 4.78 is 12.6. The molecule has 2 aliphatic carbocycles. The third kappa shape index (κ3) is 11.0. The van der Waals surface area contributed by atoms with Crippen molar-refractivity contribution < 1.29 is 29.3 Å². The van der Waals surface area contributed by atoms with Gasteiger partial charge in [0.15, 0.2) is 17.5 Å². The molecule has 1 saturated heterocycles. The number of aliphatic imine (C=N–C) groups is 1. The highest BCUT2D eigenvalue weighted by Gasteiger charge is 2.43. The van der Waals surface area contributed by atoms with Crippen LogP contribution in [0.4, 0.5) is 5.82 Å². The second kappa shape index (κ2) is 19.1. The Balaban J connectivity index is 1.18. The van der Waals surface area contributed by atoms with Crippen molar-refractivity contribution in [3.05, 3.63) is 46.6 Å². The van der Waals surface area contributed by atoms with Crippen molar-refractivity contribution in [2.24, 2.45) is 28.0 Å². The second-order valence-electron chi connectivity index (χ2n) is 17.4. The molecule has 6 bridgehead atoms. The summed E-state index contributed by atoms with van der Waals surface area (Å²) in [7, 11) is 3.63. The monoisotopic (exact) mass is 822 g/mol. The number of hydrogen-bond donors (Lipinski definition) is 5. The molecule has 0 spiro atoms. The number of fused-ring (bicyclic) bond motifs is 16. The predicted octanol–water partition coefficient (Wildman–Crippen LogP) is 6.43. The molecule has 4 aliphatic heterocycles. The van der Waals surface area contributed by atoms with Gasteiger partial charge in [-0.2, -0.15) is 0 Å². The Morgan fingerprint density at radius 3 is 2.70 bits per heavy atom. The minimum absolute atomic E-state index is 0.0233. The van der Waals surface area contributed by atoms with Crippen LogP contribution >= 0.6 is 21.6 Å². The Bertz CT molecular complexity index is 1760. The van der Waals surface area contributed by atoms with Gasteiger partial charge < -0.3 is 41.4 Å². The van der Waals surface area contributed by atoms with Gasteiger partial charge in [0, 0.05) is 67.4 Å². The van der Waals surface area contributed by atoms with E-state index in [1.807, 2.05) is 33.9 Å². The zero-order valence-electron chi connectivity index (χ0n) is 33.5. The first-order valence-corrected chi connectivity index (χ1v) is 23.6. The van der Waals surface area contributed by atoms with E-state index in [0.717, 1.165) is 80.9 Å². The molecule has 1 aromatic heterocycles. The number of nitrogen functional groups attached to an aromatic ring is 1. The summed E-state index contributed by atoms with van der Waals surface area (Å²) in [6.45, 7) is 2.72. The molecular weight excluding hydrogens is 761 g/mol. The number of aliphatic hydroxyl groups is 1. The fourth-order valence-corrected chi connectivity index (χ4v) is 12.5. The van der Waals surface area contributed by atoms with Crippen molar-refractivity contribution in [2.75, 3.05) is 24.7 Å². The van der Waals surface area contributed by atoms with Crippen LogP contribution in [0.2, 0.25) is 0 Å². The van der Waals surface area contributed by atoms with Crippen molar-refractivity contribution >= 4 is 45.2 Å². The van der Waals surface area contributed by atoms with Gasteiger partial charge in [-0.15, -0.1) is 0 Å². The first kappa shape index (κ1) is 41.8. The molecule has 5 heterocycles. The Morgan fingerprint density at radius 1 is 1.07 bits per heavy atom. The number of nitrogens with two attached hydrogens (primary N) is 2. The van der Waals surface area contributed by atoms with E-state index in [9.17, 15) is 19.8 Å². The Labute approximate surface area is 345 Å². The number of aryl methyl sites for hydroxylation is 1. The number of pyridine rings is 1. The number of guanidine groups is 1. The van der Waals surface area contributed by atoms with Crippen LogP contribution in [-0.2, 0) is 40.1 Å². The van der Waals surface area contributed by atoms with Crippen molar-refractivity contribution in [3.63, 3.8) is 0 Å². The van der Waals surface area contributed by atoms with E-state index in [0.29, 0.717) is 104 Å². The van der Waals surface area contributed by atoms with Gasteiger partial charge in [0.25, 0.3) is 0 Å². The van der Waals surface area contributed by atoms with Crippen molar-refractivity contribution in [3.8, 4) is 11.5 Å². The maximum absolute atomic E-state index is 14.0. The van der Waals surface area contributed by atoms with E-state index in [1.54, 1.807) is 17.0 Å². The van der Waals surface area contributed by atoms with Crippen LogP contribution in [0.5, 0.6) is 11.5 Å². The normalized spacial score (nSPS) is 30.6. The standard InChI is InChI=1S/C43H62N6O6S2/c1-27(50)54-34-11-8-31-20-32(40(53)41-36(31)14-9-30-3-2-4-37(30)55-41)24-49-25-43(23-39(49)52,22-29-15-17-46-38(44)19-29)16-18-47-42(45)48-26-56-57-35-12-6-28(7-13-35)5-10-33(51)21-34/h15,17,19-20,28,30,33-35,37,51,53H,2-14,16,18,21-26H2,1H3,(H2,44,46)(H3,45,47,48). The van der Waals surface area contributed by atoms with E-state index >= 15 is 0 Å². The van der Waals surface area contributed by atoms with Crippen LogP contribution in [0.3, 0.4) is 0 Å². The molecular formula is C43H62N6O6S2. The first-order valence-electron chi connectivity index (χ1n) is 21.2. The average Bonchev–Trinajstić information content (AvgIpc) is 3.69. The molecule has 2 aromatic rings. The highest BCUT2D eigenvalue weighted by molar-refractivity contribution is 8.76. The molecule has 1 aromatic carbocycles. The molecule has 5 unspecified atom stereocenters. The number of amides is 1. The number of nitrogens with zero attached hydrogens (tertiary/aromatic N) is 3. The first-order chi connectivity index (χ1) is 27.5. The molecule has 7 N–H and O–H groups in total. The van der Waals surface area contributed by atoms with Crippen LogP contribution in [0.15, 0.2) is 29.4 Å². The van der Waals surface area contributed by atoms with Gasteiger partial charge in [0.2, 0.25) is 5.91 Å². The van der Waals surface area contributed by atoms with Crippen LogP contribution in [-0.4, -0.2) is 80.5 Å². The molecule has 57 heavy (non-hydrogen) atoms. The fourth-order valence-electron chi connectivity index (χ4n) is 10.1. The van der Waals surface area contributed by atoms with E-state index < -0.39 is 17.6 Å². The number of phenols is 1. The molecule has 3 fully saturated rings. The number of nitrogens with one attached hydrogen (secondary N) is 1. The van der Waals surface area contributed by atoms with Crippen molar-refractivity contribution in [1.29, 1.82) is 0 Å². The summed E-state index contributed by atoms with van der Waals surface area (Å²) >= 11 is 0. The second-order valence-corrected chi connectivity index (χ2v) is 20.0. The summed E-state index contributed by atoms with van der Waals surface area (Å²) in [5, 5.41) is 27.1. The SMILES string of the molecule is CC(=O)OC1CCc2cc(c(O)c3c2CCC2CCCC2O3)CN2CC(Cc3ccnc(N)c3)(CCNC(N)=NCSSC3CCC(CCC(O)C1)CC3)CC2=O. The summed E-state index contributed by atoms with van der Waals surface area (Å²) in [4.78, 5) is 37.0. The molecule has 1 amide bonds. The number of esters is 1. The van der Waals surface area contributed by atoms with Gasteiger partial charge in [-0.25, -0.2) is 9.98 Å². The van der Waals surface area contributed by atoms with Gasteiger partial charge in [0.05, 0.1) is 12.0 Å². The molecule has 312 valence electrons. The van der Waals surface area contributed by atoms with Gasteiger partial charge in [0.1, 0.15) is 18.0 Å². The molecule has 2 saturated carbocycles. The van der Waals surface area contributed by atoms with E-state index in [4.69, 9.17) is 20.9 Å². The highest BCUT2D eigenvalue weighted by Crippen LogP contribution is 2.47. The number of hydrogen-bond acceptors (Lipinski definition) is 13. The lowest BCUT2D eigenvalue weighted by Crippen LogP contribution is -2.37. The summed E-state index contributed by atoms with van der Waals surface area (Å²) in [5.74, 6) is 2.77. The van der Waals surface area contributed by atoms with Crippen LogP contribution in [0, 0.1) is 17.3 Å². The topological polar surface area (TPSA) is 186 Å². The van der Waals surface area contributed by atoms with Crippen LogP contribution in [0.25, 0.3) is 0 Å². The minimum atomic E-state index is -0.562. The molecule has 6 aliphatic rings. The van der Waals surface area contributed by atoms with Gasteiger partial charge in [-0.1, -0.05) is 21.6 Å². The number of benzene rings is 1. The number of carbonyl (C=O) groups is 2. The maximum Gasteiger partial charge on any atom is 0.302 e. The van der Waals surface area contributed by atoms with E-state index in [2.05, 4.69) is 15.3 Å². The number of carbonyl (C=O) groups excluding carboxylic acids is 2. The Morgan fingerprint density at radius 2 is 1.89 bits per heavy atom. The van der Waals surface area contributed by atoms with E-state index in [1.165, 1.54) is 6.92 Å². The lowest BCUT2D eigenvalue weighted by atomic mass is 9.78. The number of phenolic OH excluding ortho intramolecular Hbond substituents is 1. The molecule has 5 atom stereocenters. The number of ether oxygens (including phenoxy) is 2. The Kier molecular flexibility index (Phi) is 14.0. The quantitative estimate of drug-likeness (QED) is 0.169. The zero-order valence-corrected chi connectivity index (χ0v) is 35.1. The summed E-state index contributed by atoms with van der Waals surface area (Å²) in [5.41, 5.74) is 15.8. The number of aliphatic hydroxyl groups excluding tert-OH is 1. The van der Waals surface area contributed by atoms with E-state index in [-0.39, 0.29) is 30.3 Å². The van der Waals surface area contributed by atoms with Crippen molar-refractivity contribution in [1.82, 2.24) is 15.2 Å². The lowest BCUT2D eigenvalue weighted by molar-refractivity contribution is -0.148. The number of anilines is 1. The van der Waals surface area contributed by atoms with Gasteiger partial charge in [-0.3, -0.25) is 9.59 Å². The number of rotatable bonds is 3. The Hall–Kier alpha value is -3.36. The van der Waals surface area contributed by atoms with Gasteiger partial charge in [-0.05, 0) is 137 Å². The molecule has 12 nitrogen and oxygen atoms in total.